The Morgan fingerprint density at radius 3 is 1.70 bits per heavy atom. The quantitative estimate of drug-likeness (QED) is 0.127. The molecule has 0 amide bonds. The molecule has 1 aromatic rings. The molecule has 1 rings (SSSR count). The molecule has 0 heterocycles. The SMILES string of the molecule is CCCCCCCCCCCCCCCCC(S)C(=O)Oc1ccccc1. The highest BCUT2D eigenvalue weighted by Gasteiger charge is 2.15. The van der Waals surface area contributed by atoms with Crippen LogP contribution in [0.25, 0.3) is 0 Å². The van der Waals surface area contributed by atoms with E-state index in [0.29, 0.717) is 5.75 Å². The molecular weight excluding hydrogens is 352 g/mol. The lowest BCUT2D eigenvalue weighted by Gasteiger charge is -2.10. The minimum atomic E-state index is -0.317. The third kappa shape index (κ3) is 13.8. The molecule has 0 N–H and O–H groups in total. The number of carbonyl (C=O) groups excluding carboxylic acids is 1. The first kappa shape index (κ1) is 24.1. The number of hydrogen-bond donors (Lipinski definition) is 1. The third-order valence-electron chi connectivity index (χ3n) is 5.06. The second-order valence-electron chi connectivity index (χ2n) is 7.63. The minimum Gasteiger partial charge on any atom is -0.426 e. The Hall–Kier alpha value is -0.960. The van der Waals surface area contributed by atoms with Gasteiger partial charge in [-0.2, -0.15) is 12.6 Å². The van der Waals surface area contributed by atoms with Gasteiger partial charge in [0, 0.05) is 0 Å². The van der Waals surface area contributed by atoms with E-state index < -0.39 is 0 Å². The molecule has 154 valence electrons. The Kier molecular flexibility index (Phi) is 15.3. The molecule has 0 saturated carbocycles. The molecule has 0 aromatic heterocycles. The second kappa shape index (κ2) is 17.2. The number of unbranched alkanes of at least 4 members (excludes halogenated alkanes) is 13. The number of hydrogen-bond acceptors (Lipinski definition) is 3. The lowest BCUT2D eigenvalue weighted by Crippen LogP contribution is -2.20. The highest BCUT2D eigenvalue weighted by atomic mass is 32.1. The lowest BCUT2D eigenvalue weighted by atomic mass is 10.0. The average Bonchev–Trinajstić information content (AvgIpc) is 2.68. The summed E-state index contributed by atoms with van der Waals surface area (Å²) in [7, 11) is 0. The van der Waals surface area contributed by atoms with E-state index in [1.165, 1.54) is 83.5 Å². The molecular formula is C24H40O2S. The summed E-state index contributed by atoms with van der Waals surface area (Å²) in [6, 6.07) is 9.23. The summed E-state index contributed by atoms with van der Waals surface area (Å²) in [5.74, 6) is 0.363. The highest BCUT2D eigenvalue weighted by molar-refractivity contribution is 7.81. The van der Waals surface area contributed by atoms with Gasteiger partial charge in [-0.15, -0.1) is 0 Å². The number of para-hydroxylation sites is 1. The Balaban J connectivity index is 1.86. The fourth-order valence-corrected chi connectivity index (χ4v) is 3.56. The first-order valence-electron chi connectivity index (χ1n) is 11.2. The van der Waals surface area contributed by atoms with Crippen LogP contribution in [0.15, 0.2) is 30.3 Å². The first-order valence-corrected chi connectivity index (χ1v) is 11.7. The molecule has 1 unspecified atom stereocenters. The van der Waals surface area contributed by atoms with Crippen molar-refractivity contribution in [3.63, 3.8) is 0 Å². The van der Waals surface area contributed by atoms with Crippen molar-refractivity contribution in [3.8, 4) is 5.75 Å². The van der Waals surface area contributed by atoms with Crippen molar-refractivity contribution in [2.75, 3.05) is 0 Å². The molecule has 0 aliphatic heterocycles. The van der Waals surface area contributed by atoms with E-state index in [1.54, 1.807) is 12.1 Å². The normalized spacial score (nSPS) is 12.1. The van der Waals surface area contributed by atoms with Crippen LogP contribution in [0.2, 0.25) is 0 Å². The van der Waals surface area contributed by atoms with Crippen LogP contribution in [0.3, 0.4) is 0 Å². The van der Waals surface area contributed by atoms with Gasteiger partial charge < -0.3 is 4.74 Å². The fraction of sp³-hybridized carbons (Fsp3) is 0.708. The van der Waals surface area contributed by atoms with Crippen molar-refractivity contribution in [1.82, 2.24) is 0 Å². The van der Waals surface area contributed by atoms with Crippen LogP contribution >= 0.6 is 12.6 Å². The van der Waals surface area contributed by atoms with E-state index in [2.05, 4.69) is 19.6 Å². The molecule has 1 atom stereocenters. The van der Waals surface area contributed by atoms with Crippen LogP contribution in [-0.2, 0) is 4.79 Å². The fourth-order valence-electron chi connectivity index (χ4n) is 3.32. The molecule has 2 nitrogen and oxygen atoms in total. The summed E-state index contributed by atoms with van der Waals surface area (Å²) in [6.07, 6.45) is 19.6. The predicted molar refractivity (Wildman–Crippen MR) is 120 cm³/mol. The molecule has 0 bridgehead atoms. The van der Waals surface area contributed by atoms with Gasteiger partial charge in [0.25, 0.3) is 0 Å². The van der Waals surface area contributed by atoms with Crippen LogP contribution in [0, 0.1) is 0 Å². The van der Waals surface area contributed by atoms with Crippen molar-refractivity contribution in [3.05, 3.63) is 30.3 Å². The zero-order valence-electron chi connectivity index (χ0n) is 17.3. The van der Waals surface area contributed by atoms with Gasteiger partial charge in [0.2, 0.25) is 0 Å². The molecule has 3 heteroatoms. The first-order chi connectivity index (χ1) is 13.2. The van der Waals surface area contributed by atoms with Crippen molar-refractivity contribution >= 4 is 18.6 Å². The monoisotopic (exact) mass is 392 g/mol. The number of rotatable bonds is 17. The van der Waals surface area contributed by atoms with Crippen LogP contribution in [0.4, 0.5) is 0 Å². The van der Waals surface area contributed by atoms with Gasteiger partial charge in [-0.25, -0.2) is 0 Å². The summed E-state index contributed by atoms with van der Waals surface area (Å²) in [5.41, 5.74) is 0. The van der Waals surface area contributed by atoms with Crippen molar-refractivity contribution in [2.24, 2.45) is 0 Å². The van der Waals surface area contributed by atoms with Gasteiger partial charge in [-0.05, 0) is 18.6 Å². The Labute approximate surface area is 172 Å². The minimum absolute atomic E-state index is 0.237. The van der Waals surface area contributed by atoms with Gasteiger partial charge in [-0.1, -0.05) is 115 Å². The van der Waals surface area contributed by atoms with Crippen molar-refractivity contribution in [2.45, 2.75) is 108 Å². The number of esters is 1. The maximum Gasteiger partial charge on any atom is 0.324 e. The van der Waals surface area contributed by atoms with Gasteiger partial charge in [0.1, 0.15) is 5.75 Å². The van der Waals surface area contributed by atoms with Crippen molar-refractivity contribution < 1.29 is 9.53 Å². The van der Waals surface area contributed by atoms with Crippen LogP contribution in [-0.4, -0.2) is 11.2 Å². The maximum atomic E-state index is 12.0. The van der Waals surface area contributed by atoms with Crippen LogP contribution in [0.5, 0.6) is 5.75 Å². The largest absolute Gasteiger partial charge is 0.426 e. The Morgan fingerprint density at radius 1 is 0.778 bits per heavy atom. The summed E-state index contributed by atoms with van der Waals surface area (Å²) in [6.45, 7) is 2.27. The Bertz CT molecular complexity index is 461. The van der Waals surface area contributed by atoms with Gasteiger partial charge in [0.05, 0.1) is 5.25 Å². The zero-order chi connectivity index (χ0) is 19.6. The van der Waals surface area contributed by atoms with E-state index in [4.69, 9.17) is 4.74 Å². The molecule has 0 aliphatic rings. The van der Waals surface area contributed by atoms with Gasteiger partial charge in [0.15, 0.2) is 0 Å². The number of ether oxygens (including phenoxy) is 1. The summed E-state index contributed by atoms with van der Waals surface area (Å²) in [5, 5.41) is -0.317. The van der Waals surface area contributed by atoms with E-state index >= 15 is 0 Å². The number of benzene rings is 1. The molecule has 0 saturated heterocycles. The van der Waals surface area contributed by atoms with E-state index in [0.717, 1.165) is 12.8 Å². The lowest BCUT2D eigenvalue weighted by molar-refractivity contribution is -0.133. The second-order valence-corrected chi connectivity index (χ2v) is 8.26. The van der Waals surface area contributed by atoms with E-state index in [9.17, 15) is 4.79 Å². The molecule has 1 aromatic carbocycles. The highest BCUT2D eigenvalue weighted by Crippen LogP contribution is 2.16. The Morgan fingerprint density at radius 2 is 1.22 bits per heavy atom. The molecule has 27 heavy (non-hydrogen) atoms. The molecule has 0 radical (unpaired) electrons. The van der Waals surface area contributed by atoms with Gasteiger partial charge >= 0.3 is 5.97 Å². The number of thiol groups is 1. The number of carbonyl (C=O) groups is 1. The molecule has 0 spiro atoms. The summed E-state index contributed by atoms with van der Waals surface area (Å²) >= 11 is 4.40. The predicted octanol–water partition coefficient (Wildman–Crippen LogP) is 7.76. The summed E-state index contributed by atoms with van der Waals surface area (Å²) < 4.78 is 5.33. The van der Waals surface area contributed by atoms with E-state index in [-0.39, 0.29) is 11.2 Å². The van der Waals surface area contributed by atoms with Crippen molar-refractivity contribution in [1.29, 1.82) is 0 Å². The maximum absolute atomic E-state index is 12.0. The standard InChI is InChI=1S/C24H40O2S/c1-2-3-4-5-6-7-8-9-10-11-12-13-14-18-21-23(27)24(25)26-22-19-16-15-17-20-22/h15-17,19-20,23,27H,2-14,18,21H2,1H3. The topological polar surface area (TPSA) is 26.3 Å². The summed E-state index contributed by atoms with van der Waals surface area (Å²) in [4.78, 5) is 12.0. The van der Waals surface area contributed by atoms with Crippen LogP contribution < -0.4 is 4.74 Å². The zero-order valence-corrected chi connectivity index (χ0v) is 18.2. The molecule has 0 fully saturated rings. The van der Waals surface area contributed by atoms with Crippen LogP contribution in [0.1, 0.15) is 103 Å². The van der Waals surface area contributed by atoms with E-state index in [1.807, 2.05) is 18.2 Å². The van der Waals surface area contributed by atoms with Gasteiger partial charge in [-0.3, -0.25) is 4.79 Å². The molecule has 0 aliphatic carbocycles. The average molecular weight is 393 g/mol. The third-order valence-corrected chi connectivity index (χ3v) is 5.53. The smallest absolute Gasteiger partial charge is 0.324 e.